The number of fused-ring (bicyclic) bond motifs is 1. The fourth-order valence-corrected chi connectivity index (χ4v) is 3.52. The summed E-state index contributed by atoms with van der Waals surface area (Å²) >= 11 is 0. The highest BCUT2D eigenvalue weighted by Gasteiger charge is 2.36. The van der Waals surface area contributed by atoms with Crippen molar-refractivity contribution >= 4 is 16.9 Å². The summed E-state index contributed by atoms with van der Waals surface area (Å²) in [4.78, 5) is 12.8. The average Bonchev–Trinajstić information content (AvgIpc) is 3.13. The molecule has 1 saturated carbocycles. The summed E-state index contributed by atoms with van der Waals surface area (Å²) in [5.41, 5.74) is 2.34. The van der Waals surface area contributed by atoms with Gasteiger partial charge in [-0.05, 0) is 49.9 Å². The topological polar surface area (TPSA) is 80.3 Å². The number of furan rings is 1. The van der Waals surface area contributed by atoms with Gasteiger partial charge in [0.2, 0.25) is 0 Å². The van der Waals surface area contributed by atoms with Gasteiger partial charge in [0.1, 0.15) is 11.3 Å². The SMILES string of the molecule is Cc1cc2cc(C(=O)N[C@@H](c3cnn(C)c3)C3CC(O)C3)ccc2o1. The van der Waals surface area contributed by atoms with Crippen LogP contribution in [0.4, 0.5) is 0 Å². The van der Waals surface area contributed by atoms with Crippen molar-refractivity contribution in [1.29, 1.82) is 0 Å². The molecule has 6 heteroatoms. The summed E-state index contributed by atoms with van der Waals surface area (Å²) in [6.07, 6.45) is 4.81. The number of nitrogens with zero attached hydrogens (tertiary/aromatic N) is 2. The van der Waals surface area contributed by atoms with E-state index >= 15 is 0 Å². The van der Waals surface area contributed by atoms with Crippen molar-refractivity contribution in [2.75, 3.05) is 0 Å². The second-order valence-electron chi connectivity index (χ2n) is 6.89. The molecule has 6 nitrogen and oxygen atoms in total. The molecule has 0 bridgehead atoms. The Morgan fingerprint density at radius 1 is 1.40 bits per heavy atom. The molecule has 25 heavy (non-hydrogen) atoms. The van der Waals surface area contributed by atoms with Gasteiger partial charge < -0.3 is 14.8 Å². The molecule has 2 heterocycles. The lowest BCUT2D eigenvalue weighted by molar-refractivity contribution is 0.0235. The smallest absolute Gasteiger partial charge is 0.251 e. The van der Waals surface area contributed by atoms with Crippen molar-refractivity contribution < 1.29 is 14.3 Å². The van der Waals surface area contributed by atoms with E-state index in [4.69, 9.17) is 4.42 Å². The molecular formula is C19H21N3O3. The number of benzene rings is 1. The summed E-state index contributed by atoms with van der Waals surface area (Å²) in [6, 6.07) is 7.22. The first-order valence-electron chi connectivity index (χ1n) is 8.47. The third-order valence-electron chi connectivity index (χ3n) is 4.89. The van der Waals surface area contributed by atoms with E-state index in [0.29, 0.717) is 18.4 Å². The van der Waals surface area contributed by atoms with Gasteiger partial charge >= 0.3 is 0 Å². The maximum atomic E-state index is 12.8. The number of amides is 1. The number of carbonyl (C=O) groups excluding carboxylic acids is 1. The number of aliphatic hydroxyl groups excluding tert-OH is 1. The van der Waals surface area contributed by atoms with E-state index < -0.39 is 0 Å². The lowest BCUT2D eigenvalue weighted by Gasteiger charge is -2.37. The second kappa shape index (κ2) is 6.04. The molecule has 1 aliphatic carbocycles. The van der Waals surface area contributed by atoms with Crippen molar-refractivity contribution in [3.8, 4) is 0 Å². The van der Waals surface area contributed by atoms with Crippen LogP contribution in [0.3, 0.4) is 0 Å². The Balaban J connectivity index is 1.58. The van der Waals surface area contributed by atoms with E-state index in [1.807, 2.05) is 38.4 Å². The molecule has 1 aliphatic rings. The number of hydrogen-bond acceptors (Lipinski definition) is 4. The minimum atomic E-state index is -0.272. The van der Waals surface area contributed by atoms with Gasteiger partial charge in [-0.15, -0.1) is 0 Å². The monoisotopic (exact) mass is 339 g/mol. The predicted octanol–water partition coefficient (Wildman–Crippen LogP) is 2.72. The number of aromatic nitrogens is 2. The molecule has 1 amide bonds. The number of aliphatic hydroxyl groups is 1. The maximum absolute atomic E-state index is 12.8. The molecule has 2 aromatic heterocycles. The highest BCUT2D eigenvalue weighted by atomic mass is 16.3. The maximum Gasteiger partial charge on any atom is 0.251 e. The highest BCUT2D eigenvalue weighted by molar-refractivity contribution is 5.98. The van der Waals surface area contributed by atoms with Crippen LogP contribution in [0, 0.1) is 12.8 Å². The zero-order chi connectivity index (χ0) is 17.6. The van der Waals surface area contributed by atoms with Crippen LogP contribution in [0.15, 0.2) is 41.1 Å². The third kappa shape index (κ3) is 3.05. The fourth-order valence-electron chi connectivity index (χ4n) is 3.52. The second-order valence-corrected chi connectivity index (χ2v) is 6.89. The first-order valence-corrected chi connectivity index (χ1v) is 8.47. The van der Waals surface area contributed by atoms with E-state index in [-0.39, 0.29) is 24.0 Å². The van der Waals surface area contributed by atoms with Crippen LogP contribution in [0.1, 0.15) is 40.6 Å². The molecule has 4 rings (SSSR count). The molecule has 0 aliphatic heterocycles. The van der Waals surface area contributed by atoms with Crippen molar-refractivity contribution in [2.24, 2.45) is 13.0 Å². The van der Waals surface area contributed by atoms with Gasteiger partial charge in [0.05, 0.1) is 18.3 Å². The van der Waals surface area contributed by atoms with E-state index in [9.17, 15) is 9.90 Å². The van der Waals surface area contributed by atoms with Crippen molar-refractivity contribution in [1.82, 2.24) is 15.1 Å². The molecule has 1 atom stereocenters. The molecular weight excluding hydrogens is 318 g/mol. The Hall–Kier alpha value is -2.60. The Morgan fingerprint density at radius 2 is 2.20 bits per heavy atom. The van der Waals surface area contributed by atoms with Gasteiger partial charge in [-0.1, -0.05) is 0 Å². The van der Waals surface area contributed by atoms with Gasteiger partial charge in [-0.25, -0.2) is 0 Å². The molecule has 3 aromatic rings. The summed E-state index contributed by atoms with van der Waals surface area (Å²) in [5, 5.41) is 17.9. The van der Waals surface area contributed by atoms with Crippen molar-refractivity contribution in [3.63, 3.8) is 0 Å². The van der Waals surface area contributed by atoms with Crippen molar-refractivity contribution in [2.45, 2.75) is 31.9 Å². The van der Waals surface area contributed by atoms with Gasteiger partial charge in [0.15, 0.2) is 0 Å². The molecule has 2 N–H and O–H groups in total. The fraction of sp³-hybridized carbons (Fsp3) is 0.368. The van der Waals surface area contributed by atoms with Gasteiger partial charge in [-0.3, -0.25) is 9.48 Å². The zero-order valence-electron chi connectivity index (χ0n) is 14.3. The summed E-state index contributed by atoms with van der Waals surface area (Å²) in [5.74, 6) is 0.920. The molecule has 130 valence electrons. The Morgan fingerprint density at radius 3 is 2.88 bits per heavy atom. The quantitative estimate of drug-likeness (QED) is 0.766. The summed E-state index contributed by atoms with van der Waals surface area (Å²) < 4.78 is 7.29. The number of rotatable bonds is 4. The van der Waals surface area contributed by atoms with Crippen LogP contribution >= 0.6 is 0 Å². The molecule has 0 unspecified atom stereocenters. The summed E-state index contributed by atoms with van der Waals surface area (Å²) in [6.45, 7) is 1.89. The third-order valence-corrected chi connectivity index (χ3v) is 4.89. The first kappa shape index (κ1) is 15.9. The number of aryl methyl sites for hydroxylation is 2. The standard InChI is InChI=1S/C19H21N3O3/c1-11-5-13-6-12(3-4-17(13)25-11)19(24)21-18(14-7-16(23)8-14)15-9-20-22(2)10-15/h3-6,9-10,14,16,18,23H,7-8H2,1-2H3,(H,21,24)/t14?,16?,18-/m1/s1. The number of nitrogens with one attached hydrogen (secondary N) is 1. The molecule has 1 aromatic carbocycles. The van der Waals surface area contributed by atoms with Crippen LogP contribution in [-0.2, 0) is 7.05 Å². The van der Waals surface area contributed by atoms with Crippen LogP contribution in [-0.4, -0.2) is 26.9 Å². The van der Waals surface area contributed by atoms with Gasteiger partial charge in [0, 0.05) is 29.8 Å². The Bertz CT molecular complexity index is 921. The number of hydrogen-bond donors (Lipinski definition) is 2. The minimum Gasteiger partial charge on any atom is -0.461 e. The number of carbonyl (C=O) groups is 1. The van der Waals surface area contributed by atoms with E-state index in [1.165, 1.54) is 0 Å². The zero-order valence-corrected chi connectivity index (χ0v) is 14.3. The van der Waals surface area contributed by atoms with E-state index in [2.05, 4.69) is 10.4 Å². The molecule has 0 saturated heterocycles. The predicted molar refractivity (Wildman–Crippen MR) is 93.1 cm³/mol. The Kier molecular flexibility index (Phi) is 3.84. The normalized spacial score (nSPS) is 21.1. The highest BCUT2D eigenvalue weighted by Crippen LogP contribution is 2.38. The van der Waals surface area contributed by atoms with Crippen LogP contribution < -0.4 is 5.32 Å². The molecule has 0 spiro atoms. The Labute approximate surface area is 145 Å². The average molecular weight is 339 g/mol. The van der Waals surface area contributed by atoms with Crippen LogP contribution in [0.5, 0.6) is 0 Å². The largest absolute Gasteiger partial charge is 0.461 e. The molecule has 1 fully saturated rings. The van der Waals surface area contributed by atoms with Crippen LogP contribution in [0.25, 0.3) is 11.0 Å². The molecule has 0 radical (unpaired) electrons. The van der Waals surface area contributed by atoms with E-state index in [1.54, 1.807) is 16.9 Å². The van der Waals surface area contributed by atoms with Gasteiger partial charge in [0.25, 0.3) is 5.91 Å². The lowest BCUT2D eigenvalue weighted by Crippen LogP contribution is -2.41. The summed E-state index contributed by atoms with van der Waals surface area (Å²) in [7, 11) is 1.85. The van der Waals surface area contributed by atoms with E-state index in [0.717, 1.165) is 22.3 Å². The minimum absolute atomic E-state index is 0.129. The van der Waals surface area contributed by atoms with Crippen LogP contribution in [0.2, 0.25) is 0 Å². The first-order chi connectivity index (χ1) is 12.0. The van der Waals surface area contributed by atoms with Gasteiger partial charge in [-0.2, -0.15) is 5.10 Å². The van der Waals surface area contributed by atoms with Crippen molar-refractivity contribution in [3.05, 3.63) is 53.5 Å². The lowest BCUT2D eigenvalue weighted by atomic mass is 9.75.